The lowest BCUT2D eigenvalue weighted by molar-refractivity contribution is -0.384. The number of nitrogens with one attached hydrogen (secondary N) is 1. The fourth-order valence-electron chi connectivity index (χ4n) is 2.42. The van der Waals surface area contributed by atoms with Gasteiger partial charge in [0.25, 0.3) is 5.69 Å². The molecule has 0 aliphatic rings. The van der Waals surface area contributed by atoms with Crippen LogP contribution in [0.2, 0.25) is 5.02 Å². The van der Waals surface area contributed by atoms with Crippen LogP contribution in [-0.2, 0) is 0 Å². The Kier molecular flexibility index (Phi) is 6.71. The number of halogens is 5. The first kappa shape index (κ1) is 20.3. The highest BCUT2D eigenvalue weighted by molar-refractivity contribution is 9.10. The van der Waals surface area contributed by atoms with Crippen molar-refractivity contribution in [3.63, 3.8) is 0 Å². The molecule has 0 bridgehead atoms. The second-order valence-corrected chi connectivity index (χ2v) is 6.44. The minimum absolute atomic E-state index is 0.0121. The molecule has 0 saturated carbocycles. The first-order valence-electron chi connectivity index (χ1n) is 7.37. The van der Waals surface area contributed by atoms with E-state index in [-0.39, 0.29) is 26.5 Å². The summed E-state index contributed by atoms with van der Waals surface area (Å²) in [4.78, 5) is 10.5. The molecule has 0 spiro atoms. The van der Waals surface area contributed by atoms with Gasteiger partial charge in [-0.05, 0) is 40.5 Å². The van der Waals surface area contributed by atoms with E-state index in [9.17, 15) is 23.3 Å². The molecule has 0 amide bonds. The first-order valence-corrected chi connectivity index (χ1v) is 8.54. The van der Waals surface area contributed by atoms with Gasteiger partial charge in [0, 0.05) is 10.6 Å². The highest BCUT2D eigenvalue weighted by atomic mass is 79.9. The summed E-state index contributed by atoms with van der Waals surface area (Å²) >= 11 is 9.11. The molecule has 5 nitrogen and oxygen atoms in total. The van der Waals surface area contributed by atoms with Crippen molar-refractivity contribution in [2.45, 2.75) is 26.0 Å². The van der Waals surface area contributed by atoms with Gasteiger partial charge in [0.05, 0.1) is 21.5 Å². The van der Waals surface area contributed by atoms with Crippen LogP contribution in [0.1, 0.15) is 24.9 Å². The Morgan fingerprint density at radius 1 is 1.38 bits per heavy atom. The standard InChI is InChI=1S/C16H13BrClF3N2O3/c1-2-11(15-9(18)4-3-5-14(15)26-16(20)21)22-12-6-8(17)10(19)7-13(12)23(24)25/h3-7,11,16,22H,2H2,1H3/t11-/m1/s1. The van der Waals surface area contributed by atoms with E-state index < -0.39 is 29.1 Å². The van der Waals surface area contributed by atoms with Gasteiger partial charge >= 0.3 is 6.61 Å². The van der Waals surface area contributed by atoms with Crippen LogP contribution < -0.4 is 10.1 Å². The molecule has 1 atom stereocenters. The van der Waals surface area contributed by atoms with Crippen LogP contribution in [0, 0.1) is 15.9 Å². The lowest BCUT2D eigenvalue weighted by atomic mass is 10.0. The van der Waals surface area contributed by atoms with Crippen LogP contribution >= 0.6 is 27.5 Å². The molecular weight excluding hydrogens is 441 g/mol. The Bertz CT molecular complexity index is 824. The van der Waals surface area contributed by atoms with E-state index in [1.807, 2.05) is 0 Å². The highest BCUT2D eigenvalue weighted by Gasteiger charge is 2.24. The maximum atomic E-state index is 13.6. The topological polar surface area (TPSA) is 64.4 Å². The van der Waals surface area contributed by atoms with Gasteiger partial charge in [-0.3, -0.25) is 10.1 Å². The maximum Gasteiger partial charge on any atom is 0.387 e. The van der Waals surface area contributed by atoms with Gasteiger partial charge in [0.1, 0.15) is 17.3 Å². The second-order valence-electron chi connectivity index (χ2n) is 5.18. The molecule has 0 aromatic heterocycles. The lowest BCUT2D eigenvalue weighted by Gasteiger charge is -2.22. The summed E-state index contributed by atoms with van der Waals surface area (Å²) in [6.45, 7) is -1.32. The average molecular weight is 454 g/mol. The SMILES string of the molecule is CC[C@@H](Nc1cc(Br)c(F)cc1[N+](=O)[O-])c1c(Cl)cccc1OC(F)F. The van der Waals surface area contributed by atoms with Crippen molar-refractivity contribution in [2.24, 2.45) is 0 Å². The van der Waals surface area contributed by atoms with Gasteiger partial charge in [0.2, 0.25) is 0 Å². The third-order valence-electron chi connectivity index (χ3n) is 3.55. The molecule has 2 aromatic rings. The predicted octanol–water partition coefficient (Wildman–Crippen LogP) is 6.31. The molecule has 26 heavy (non-hydrogen) atoms. The minimum Gasteiger partial charge on any atom is -0.434 e. The summed E-state index contributed by atoms with van der Waals surface area (Å²) in [6, 6.07) is 5.56. The number of rotatable bonds is 7. The number of hydrogen-bond donors (Lipinski definition) is 1. The van der Waals surface area contributed by atoms with Crippen molar-refractivity contribution in [3.8, 4) is 5.75 Å². The van der Waals surface area contributed by atoms with Gasteiger partial charge in [-0.15, -0.1) is 0 Å². The minimum atomic E-state index is -3.06. The number of anilines is 1. The third kappa shape index (κ3) is 4.59. The number of nitrogens with zero attached hydrogens (tertiary/aromatic N) is 1. The molecular formula is C16H13BrClF3N2O3. The molecule has 1 N–H and O–H groups in total. The molecule has 0 unspecified atom stereocenters. The molecule has 10 heteroatoms. The van der Waals surface area contributed by atoms with E-state index >= 15 is 0 Å². The fourth-order valence-corrected chi connectivity index (χ4v) is 3.06. The Morgan fingerprint density at radius 2 is 2.08 bits per heavy atom. The number of ether oxygens (including phenoxy) is 1. The molecule has 140 valence electrons. The van der Waals surface area contributed by atoms with Crippen molar-refractivity contribution in [1.82, 2.24) is 0 Å². The first-order chi connectivity index (χ1) is 12.2. The van der Waals surface area contributed by atoms with E-state index in [2.05, 4.69) is 26.0 Å². The summed E-state index contributed by atoms with van der Waals surface area (Å²) in [6.07, 6.45) is 0.343. The van der Waals surface area contributed by atoms with Gasteiger partial charge < -0.3 is 10.1 Å². The van der Waals surface area contributed by atoms with Crippen LogP contribution in [0.4, 0.5) is 24.5 Å². The molecule has 0 fully saturated rings. The van der Waals surface area contributed by atoms with Crippen LogP contribution in [0.25, 0.3) is 0 Å². The van der Waals surface area contributed by atoms with Gasteiger partial charge in [-0.2, -0.15) is 8.78 Å². The van der Waals surface area contributed by atoms with E-state index in [0.29, 0.717) is 6.42 Å². The largest absolute Gasteiger partial charge is 0.434 e. The van der Waals surface area contributed by atoms with Gasteiger partial charge in [-0.25, -0.2) is 4.39 Å². The van der Waals surface area contributed by atoms with Gasteiger partial charge in [0.15, 0.2) is 0 Å². The summed E-state index contributed by atoms with van der Waals surface area (Å²) < 4.78 is 43.5. The van der Waals surface area contributed by atoms with Crippen molar-refractivity contribution in [2.75, 3.05) is 5.32 Å². The average Bonchev–Trinajstić information content (AvgIpc) is 2.55. The Balaban J connectivity index is 2.49. The molecule has 2 rings (SSSR count). The fraction of sp³-hybridized carbons (Fsp3) is 0.250. The normalized spacial score (nSPS) is 12.1. The van der Waals surface area contributed by atoms with Crippen LogP contribution in [-0.4, -0.2) is 11.5 Å². The van der Waals surface area contributed by atoms with Crippen molar-refractivity contribution in [1.29, 1.82) is 0 Å². The number of nitro groups is 1. The zero-order valence-corrected chi connectivity index (χ0v) is 15.7. The van der Waals surface area contributed by atoms with Crippen molar-refractivity contribution < 1.29 is 22.8 Å². The Hall–Kier alpha value is -2.00. The molecule has 0 radical (unpaired) electrons. The van der Waals surface area contributed by atoms with Crippen molar-refractivity contribution >= 4 is 38.9 Å². The molecule has 2 aromatic carbocycles. The van der Waals surface area contributed by atoms with Crippen LogP contribution in [0.15, 0.2) is 34.8 Å². The van der Waals surface area contributed by atoms with Crippen LogP contribution in [0.5, 0.6) is 5.75 Å². The number of alkyl halides is 2. The summed E-state index contributed by atoms with van der Waals surface area (Å²) in [5.41, 5.74) is -0.253. The zero-order chi connectivity index (χ0) is 19.4. The smallest absolute Gasteiger partial charge is 0.387 e. The summed E-state index contributed by atoms with van der Waals surface area (Å²) in [5, 5.41) is 14.2. The Morgan fingerprint density at radius 3 is 2.65 bits per heavy atom. The number of hydrogen-bond acceptors (Lipinski definition) is 4. The molecule has 0 saturated heterocycles. The summed E-state index contributed by atoms with van der Waals surface area (Å²) in [7, 11) is 0. The zero-order valence-electron chi connectivity index (χ0n) is 13.3. The highest BCUT2D eigenvalue weighted by Crippen LogP contribution is 2.39. The monoisotopic (exact) mass is 452 g/mol. The number of benzene rings is 2. The van der Waals surface area contributed by atoms with E-state index in [1.165, 1.54) is 24.3 Å². The third-order valence-corrected chi connectivity index (χ3v) is 4.49. The second kappa shape index (κ2) is 8.59. The maximum absolute atomic E-state index is 13.6. The molecule has 0 heterocycles. The lowest BCUT2D eigenvalue weighted by Crippen LogP contribution is -2.15. The van der Waals surface area contributed by atoms with E-state index in [1.54, 1.807) is 6.92 Å². The number of nitro benzene ring substituents is 1. The quantitative estimate of drug-likeness (QED) is 0.394. The predicted molar refractivity (Wildman–Crippen MR) is 95.5 cm³/mol. The van der Waals surface area contributed by atoms with E-state index in [4.69, 9.17) is 11.6 Å². The molecule has 0 aliphatic heterocycles. The van der Waals surface area contributed by atoms with Crippen LogP contribution in [0.3, 0.4) is 0 Å². The van der Waals surface area contributed by atoms with Gasteiger partial charge in [-0.1, -0.05) is 24.6 Å². The van der Waals surface area contributed by atoms with Crippen molar-refractivity contribution in [3.05, 3.63) is 61.3 Å². The summed E-state index contributed by atoms with van der Waals surface area (Å²) in [5.74, 6) is -0.939. The molecule has 0 aliphatic carbocycles. The Labute approximate surface area is 160 Å². The van der Waals surface area contributed by atoms with E-state index in [0.717, 1.165) is 6.07 Å².